The molecule has 1 fully saturated rings. The molecule has 1 N–H and O–H groups in total. The monoisotopic (exact) mass is 357 g/mol. The van der Waals surface area contributed by atoms with E-state index >= 15 is 0 Å². The van der Waals surface area contributed by atoms with Gasteiger partial charge in [-0.1, -0.05) is 39.0 Å². The number of rotatable bonds is 6. The van der Waals surface area contributed by atoms with Crippen molar-refractivity contribution >= 4 is 27.3 Å². The molecular formula is C17H28BrNS. The van der Waals surface area contributed by atoms with Gasteiger partial charge in [-0.3, -0.25) is 0 Å². The minimum atomic E-state index is 0.669. The highest BCUT2D eigenvalue weighted by molar-refractivity contribution is 9.10. The molecule has 3 heteroatoms. The quantitative estimate of drug-likeness (QED) is 0.679. The van der Waals surface area contributed by atoms with Gasteiger partial charge >= 0.3 is 0 Å². The molecule has 0 spiro atoms. The van der Waals surface area contributed by atoms with Crippen LogP contribution in [-0.2, 0) is 6.42 Å². The molecule has 0 amide bonds. The number of nitrogens with one attached hydrogen (secondary N) is 1. The Morgan fingerprint density at radius 1 is 1.25 bits per heavy atom. The highest BCUT2D eigenvalue weighted by Crippen LogP contribution is 2.30. The van der Waals surface area contributed by atoms with Crippen LogP contribution in [0.3, 0.4) is 0 Å². The molecule has 1 nitrogen and oxygen atoms in total. The van der Waals surface area contributed by atoms with Crippen LogP contribution >= 0.6 is 27.3 Å². The van der Waals surface area contributed by atoms with E-state index in [9.17, 15) is 0 Å². The fourth-order valence-electron chi connectivity index (χ4n) is 3.30. The second kappa shape index (κ2) is 9.22. The Bertz CT molecular complexity index is 369. The molecule has 1 heterocycles. The van der Waals surface area contributed by atoms with Crippen molar-refractivity contribution in [1.29, 1.82) is 0 Å². The molecule has 1 atom stereocenters. The van der Waals surface area contributed by atoms with Crippen LogP contribution in [0.4, 0.5) is 0 Å². The average Bonchev–Trinajstić information content (AvgIpc) is 2.80. The van der Waals surface area contributed by atoms with Crippen molar-refractivity contribution < 1.29 is 0 Å². The van der Waals surface area contributed by atoms with Crippen molar-refractivity contribution in [1.82, 2.24) is 5.32 Å². The van der Waals surface area contributed by atoms with E-state index in [1.54, 1.807) is 0 Å². The van der Waals surface area contributed by atoms with Crippen LogP contribution in [-0.4, -0.2) is 12.6 Å². The van der Waals surface area contributed by atoms with Crippen molar-refractivity contribution in [3.63, 3.8) is 0 Å². The first-order valence-corrected chi connectivity index (χ1v) is 9.93. The highest BCUT2D eigenvalue weighted by atomic mass is 79.9. The van der Waals surface area contributed by atoms with E-state index in [1.807, 2.05) is 11.3 Å². The average molecular weight is 358 g/mol. The zero-order valence-electron chi connectivity index (χ0n) is 12.7. The van der Waals surface area contributed by atoms with E-state index in [-0.39, 0.29) is 0 Å². The fraction of sp³-hybridized carbons (Fsp3) is 0.765. The summed E-state index contributed by atoms with van der Waals surface area (Å²) in [5, 5.41) is 6.04. The number of halogens is 1. The third-order valence-corrected chi connectivity index (χ3v) is 6.42. The van der Waals surface area contributed by atoms with Gasteiger partial charge < -0.3 is 5.32 Å². The van der Waals surface area contributed by atoms with Crippen LogP contribution < -0.4 is 5.32 Å². The maximum absolute atomic E-state index is 3.84. The summed E-state index contributed by atoms with van der Waals surface area (Å²) in [7, 11) is 0. The summed E-state index contributed by atoms with van der Waals surface area (Å²) < 4.78 is 1.30. The molecule has 0 radical (unpaired) electrons. The first kappa shape index (κ1) is 16.5. The van der Waals surface area contributed by atoms with E-state index in [1.165, 1.54) is 67.1 Å². The first-order valence-electron chi connectivity index (χ1n) is 8.26. The lowest BCUT2D eigenvalue weighted by Crippen LogP contribution is -2.38. The van der Waals surface area contributed by atoms with Crippen molar-refractivity contribution in [2.45, 2.75) is 70.8 Å². The molecule has 1 aliphatic carbocycles. The van der Waals surface area contributed by atoms with E-state index in [4.69, 9.17) is 0 Å². The maximum atomic E-state index is 3.84. The molecule has 1 aromatic heterocycles. The second-order valence-electron chi connectivity index (χ2n) is 6.06. The Hall–Kier alpha value is 0.140. The van der Waals surface area contributed by atoms with Crippen LogP contribution in [0.2, 0.25) is 0 Å². The Balaban J connectivity index is 1.99. The van der Waals surface area contributed by atoms with Gasteiger partial charge in [-0.15, -0.1) is 11.3 Å². The van der Waals surface area contributed by atoms with E-state index in [0.717, 1.165) is 12.5 Å². The van der Waals surface area contributed by atoms with Crippen LogP contribution in [0.1, 0.15) is 63.2 Å². The summed E-state index contributed by atoms with van der Waals surface area (Å²) in [6.07, 6.45) is 12.5. The predicted molar refractivity (Wildman–Crippen MR) is 93.6 cm³/mol. The summed E-state index contributed by atoms with van der Waals surface area (Å²) >= 11 is 5.60. The second-order valence-corrected chi connectivity index (χ2v) is 7.92. The first-order chi connectivity index (χ1) is 9.81. The molecule has 1 aromatic rings. The van der Waals surface area contributed by atoms with Crippen molar-refractivity contribution in [3.05, 3.63) is 20.8 Å². The molecule has 2 rings (SSSR count). The highest BCUT2D eigenvalue weighted by Gasteiger charge is 2.23. The molecule has 0 bridgehead atoms. The minimum Gasteiger partial charge on any atom is -0.313 e. The summed E-state index contributed by atoms with van der Waals surface area (Å²) in [5.41, 5.74) is 0. The van der Waals surface area contributed by atoms with Crippen LogP contribution in [0, 0.1) is 5.92 Å². The van der Waals surface area contributed by atoms with Gasteiger partial charge in [0.05, 0.1) is 0 Å². The Labute approximate surface area is 136 Å². The van der Waals surface area contributed by atoms with Gasteiger partial charge in [0.25, 0.3) is 0 Å². The maximum Gasteiger partial charge on any atom is 0.0314 e. The van der Waals surface area contributed by atoms with Gasteiger partial charge in [0, 0.05) is 15.4 Å². The van der Waals surface area contributed by atoms with Crippen molar-refractivity contribution in [3.8, 4) is 0 Å². The van der Waals surface area contributed by atoms with Crippen molar-refractivity contribution in [2.24, 2.45) is 5.92 Å². The lowest BCUT2D eigenvalue weighted by Gasteiger charge is -2.29. The smallest absolute Gasteiger partial charge is 0.0314 e. The summed E-state index contributed by atoms with van der Waals surface area (Å²) in [5.74, 6) is 0.871. The lowest BCUT2D eigenvalue weighted by molar-refractivity contribution is 0.284. The third-order valence-electron chi connectivity index (χ3n) is 4.47. The van der Waals surface area contributed by atoms with E-state index in [2.05, 4.69) is 39.6 Å². The molecule has 0 aromatic carbocycles. The van der Waals surface area contributed by atoms with Gasteiger partial charge in [0.1, 0.15) is 0 Å². The molecule has 0 aliphatic heterocycles. The summed E-state index contributed by atoms with van der Waals surface area (Å²) in [4.78, 5) is 1.51. The molecule has 1 saturated carbocycles. The van der Waals surface area contributed by atoms with Gasteiger partial charge in [-0.05, 0) is 65.5 Å². The molecule has 0 saturated heterocycles. The fourth-order valence-corrected chi connectivity index (χ4v) is 4.87. The van der Waals surface area contributed by atoms with Gasteiger partial charge in [0.15, 0.2) is 0 Å². The van der Waals surface area contributed by atoms with Crippen molar-refractivity contribution in [2.75, 3.05) is 6.54 Å². The number of hydrogen-bond donors (Lipinski definition) is 1. The third kappa shape index (κ3) is 5.16. The summed E-state index contributed by atoms with van der Waals surface area (Å²) in [6.45, 7) is 3.42. The molecule has 114 valence electrons. The SMILES string of the molecule is CCCNC(Cc1sccc1Br)C1CCCCCCC1. The van der Waals surface area contributed by atoms with Gasteiger partial charge in [0.2, 0.25) is 0 Å². The van der Waals surface area contributed by atoms with Gasteiger partial charge in [-0.2, -0.15) is 0 Å². The zero-order chi connectivity index (χ0) is 14.2. The standard InChI is InChI=1S/C17H28BrNS/c1-2-11-19-16(13-17-15(18)10-12-20-17)14-8-6-4-3-5-7-9-14/h10,12,14,16,19H,2-9,11,13H2,1H3. The molecule has 1 aliphatic rings. The van der Waals surface area contributed by atoms with E-state index in [0.29, 0.717) is 6.04 Å². The Morgan fingerprint density at radius 3 is 2.55 bits per heavy atom. The van der Waals surface area contributed by atoms with Crippen LogP contribution in [0.25, 0.3) is 0 Å². The topological polar surface area (TPSA) is 12.0 Å². The van der Waals surface area contributed by atoms with Gasteiger partial charge in [-0.25, -0.2) is 0 Å². The zero-order valence-corrected chi connectivity index (χ0v) is 15.1. The molecule has 20 heavy (non-hydrogen) atoms. The largest absolute Gasteiger partial charge is 0.313 e. The normalized spacial score (nSPS) is 19.5. The lowest BCUT2D eigenvalue weighted by atomic mass is 9.84. The summed E-state index contributed by atoms with van der Waals surface area (Å²) in [6, 6.07) is 2.86. The molecular weight excluding hydrogens is 330 g/mol. The molecule has 1 unspecified atom stereocenters. The van der Waals surface area contributed by atoms with E-state index < -0.39 is 0 Å². The minimum absolute atomic E-state index is 0.669. The predicted octanol–water partition coefficient (Wildman–Crippen LogP) is 5.78. The Morgan fingerprint density at radius 2 is 1.95 bits per heavy atom. The number of thiophene rings is 1. The van der Waals surface area contributed by atoms with Crippen LogP contribution in [0.15, 0.2) is 15.9 Å². The Kier molecular flexibility index (Phi) is 7.61. The van der Waals surface area contributed by atoms with Crippen LogP contribution in [0.5, 0.6) is 0 Å². The number of hydrogen-bond acceptors (Lipinski definition) is 2.